The number of rotatable bonds is 10. The molecular formula is C61H43N7. The van der Waals surface area contributed by atoms with Gasteiger partial charge in [-0.2, -0.15) is 0 Å². The molecular weight excluding hydrogens is 831 g/mol. The Kier molecular flexibility index (Phi) is 11.3. The van der Waals surface area contributed by atoms with Crippen LogP contribution in [-0.4, -0.2) is 34.9 Å². The molecule has 8 aromatic carbocycles. The van der Waals surface area contributed by atoms with Crippen molar-refractivity contribution in [3.8, 4) is 113 Å². The van der Waals surface area contributed by atoms with Crippen LogP contribution < -0.4 is 0 Å². The molecule has 0 aliphatic rings. The van der Waals surface area contributed by atoms with Crippen molar-refractivity contribution in [2.45, 2.75) is 13.8 Å². The van der Waals surface area contributed by atoms with Gasteiger partial charge in [-0.3, -0.25) is 4.98 Å². The molecule has 11 aromatic rings. The summed E-state index contributed by atoms with van der Waals surface area (Å²) in [7, 11) is 0. The molecule has 0 spiro atoms. The molecule has 0 saturated heterocycles. The molecule has 0 saturated carbocycles. The summed E-state index contributed by atoms with van der Waals surface area (Å²) in [5, 5.41) is 0. The van der Waals surface area contributed by atoms with Gasteiger partial charge in [0.05, 0.1) is 0 Å². The van der Waals surface area contributed by atoms with E-state index in [1.54, 1.807) is 0 Å². The lowest BCUT2D eigenvalue weighted by atomic mass is 9.90. The van der Waals surface area contributed by atoms with Gasteiger partial charge in [-0.25, -0.2) is 29.9 Å². The third kappa shape index (κ3) is 8.72. The molecule has 0 bridgehead atoms. The zero-order valence-corrected chi connectivity index (χ0v) is 37.5. The highest BCUT2D eigenvalue weighted by atomic mass is 15.0. The highest BCUT2D eigenvalue weighted by molar-refractivity contribution is 5.89. The van der Waals surface area contributed by atoms with E-state index >= 15 is 0 Å². The Bertz CT molecular complexity index is 3500. The fourth-order valence-corrected chi connectivity index (χ4v) is 8.70. The van der Waals surface area contributed by atoms with Crippen LogP contribution >= 0.6 is 0 Å². The van der Waals surface area contributed by atoms with Crippen LogP contribution in [-0.2, 0) is 0 Å². The van der Waals surface area contributed by atoms with E-state index in [9.17, 15) is 0 Å². The maximum absolute atomic E-state index is 5.20. The molecule has 3 heterocycles. The minimum Gasteiger partial charge on any atom is -0.258 e. The smallest absolute Gasteiger partial charge is 0.164 e. The van der Waals surface area contributed by atoms with Crippen LogP contribution in [0, 0.1) is 13.8 Å². The fraction of sp³-hybridized carbons (Fsp3) is 0.0328. The maximum Gasteiger partial charge on any atom is 0.164 e. The van der Waals surface area contributed by atoms with Crippen molar-refractivity contribution in [2.75, 3.05) is 0 Å². The molecule has 0 fully saturated rings. The van der Waals surface area contributed by atoms with E-state index in [2.05, 4.69) is 121 Å². The lowest BCUT2D eigenvalue weighted by Crippen LogP contribution is -2.01. The second kappa shape index (κ2) is 18.4. The van der Waals surface area contributed by atoms with Gasteiger partial charge in [0.15, 0.2) is 34.9 Å². The van der Waals surface area contributed by atoms with Crippen LogP contribution in [0.3, 0.4) is 0 Å². The summed E-state index contributed by atoms with van der Waals surface area (Å²) in [6, 6.07) is 76.9. The number of hydrogen-bond donors (Lipinski definition) is 0. The molecule has 0 aliphatic heterocycles. The van der Waals surface area contributed by atoms with Gasteiger partial charge in [0.25, 0.3) is 0 Å². The zero-order chi connectivity index (χ0) is 45.8. The maximum atomic E-state index is 5.20. The van der Waals surface area contributed by atoms with E-state index in [4.69, 9.17) is 34.9 Å². The summed E-state index contributed by atoms with van der Waals surface area (Å²) in [5.74, 6) is 3.64. The largest absolute Gasteiger partial charge is 0.258 e. The molecule has 7 heteroatoms. The summed E-state index contributed by atoms with van der Waals surface area (Å²) in [4.78, 5) is 35.2. The Balaban J connectivity index is 1.04. The topological polar surface area (TPSA) is 90.2 Å². The Morgan fingerprint density at radius 3 is 1.06 bits per heavy atom. The van der Waals surface area contributed by atoms with Gasteiger partial charge in [0.2, 0.25) is 0 Å². The predicted molar refractivity (Wildman–Crippen MR) is 275 cm³/mol. The Morgan fingerprint density at radius 2 is 0.544 bits per heavy atom. The van der Waals surface area contributed by atoms with Gasteiger partial charge in [-0.05, 0) is 88.7 Å². The van der Waals surface area contributed by atoms with E-state index in [1.807, 2.05) is 117 Å². The third-order valence-electron chi connectivity index (χ3n) is 11.9. The highest BCUT2D eigenvalue weighted by Crippen LogP contribution is 2.39. The van der Waals surface area contributed by atoms with Crippen LogP contribution in [0.4, 0.5) is 0 Å². The summed E-state index contributed by atoms with van der Waals surface area (Å²) in [6.07, 6.45) is 0. The van der Waals surface area contributed by atoms with Crippen LogP contribution in [0.25, 0.3) is 113 Å². The molecule has 3 aromatic heterocycles. The minimum absolute atomic E-state index is 0.591. The average Bonchev–Trinajstić information content (AvgIpc) is 3.41. The normalized spacial score (nSPS) is 11.1. The van der Waals surface area contributed by atoms with Crippen LogP contribution in [0.1, 0.15) is 11.4 Å². The van der Waals surface area contributed by atoms with Crippen molar-refractivity contribution in [2.24, 2.45) is 0 Å². The van der Waals surface area contributed by atoms with Crippen molar-refractivity contribution >= 4 is 0 Å². The van der Waals surface area contributed by atoms with Crippen molar-refractivity contribution in [1.29, 1.82) is 0 Å². The Labute approximate surface area is 395 Å². The van der Waals surface area contributed by atoms with Crippen molar-refractivity contribution in [1.82, 2.24) is 34.9 Å². The monoisotopic (exact) mass is 873 g/mol. The third-order valence-corrected chi connectivity index (χ3v) is 11.9. The molecule has 0 amide bonds. The van der Waals surface area contributed by atoms with Gasteiger partial charge in [0, 0.05) is 44.8 Å². The molecule has 0 radical (unpaired) electrons. The molecule has 7 nitrogen and oxygen atoms in total. The van der Waals surface area contributed by atoms with Crippen molar-refractivity contribution in [3.63, 3.8) is 0 Å². The van der Waals surface area contributed by atoms with Crippen LogP contribution in [0.5, 0.6) is 0 Å². The predicted octanol–water partition coefficient (Wildman–Crippen LogP) is 14.7. The quantitative estimate of drug-likeness (QED) is 0.135. The van der Waals surface area contributed by atoms with Crippen molar-refractivity contribution in [3.05, 3.63) is 236 Å². The van der Waals surface area contributed by atoms with E-state index in [1.165, 1.54) is 0 Å². The summed E-state index contributed by atoms with van der Waals surface area (Å²) in [6.45, 7) is 4.09. The first kappa shape index (κ1) is 41.6. The lowest BCUT2D eigenvalue weighted by molar-refractivity contribution is 1.07. The van der Waals surface area contributed by atoms with Gasteiger partial charge >= 0.3 is 0 Å². The number of pyridine rings is 1. The summed E-state index contributed by atoms with van der Waals surface area (Å²) < 4.78 is 0. The van der Waals surface area contributed by atoms with Gasteiger partial charge in [-0.1, -0.05) is 194 Å². The molecule has 0 atom stereocenters. The Morgan fingerprint density at radius 1 is 0.191 bits per heavy atom. The first-order chi connectivity index (χ1) is 33.5. The molecule has 322 valence electrons. The SMILES string of the molecule is Cc1cc(-c2ccc(-c3cccc(-c4nc(-c5ccccc5)nc(-c5ccccc5-c5ccccc5)n4)c3)cc2-c2cccc(-c3nc(-c4ccccc4)nc(-c4ccccc4)n3)c2)cc(C)n1. The number of hydrogen-bond acceptors (Lipinski definition) is 7. The van der Waals surface area contributed by atoms with E-state index in [-0.39, 0.29) is 0 Å². The Hall–Kier alpha value is -9.07. The van der Waals surface area contributed by atoms with Gasteiger partial charge < -0.3 is 0 Å². The van der Waals surface area contributed by atoms with Crippen LogP contribution in [0.15, 0.2) is 224 Å². The molecule has 0 N–H and O–H groups in total. The first-order valence-electron chi connectivity index (χ1n) is 22.6. The van der Waals surface area contributed by atoms with E-state index < -0.39 is 0 Å². The standard InChI is InChI=1S/C61H43N7/c1-40-35-51(36-41(2)62-40)53-34-33-47(39-55(53)48-28-18-30-50(38-48)59-64-56(43-21-9-4-10-22-43)63-57(65-59)44-23-11-5-12-24-44)46-27-17-29-49(37-46)60-66-58(45-25-13-6-14-26-45)67-61(68-60)54-32-16-15-31-52(54)42-19-7-3-8-20-42/h3-39H,1-2H3. The van der Waals surface area contributed by atoms with Gasteiger partial charge in [0.1, 0.15) is 0 Å². The molecule has 0 aliphatic carbocycles. The summed E-state index contributed by atoms with van der Waals surface area (Å²) in [5.41, 5.74) is 15.9. The van der Waals surface area contributed by atoms with Crippen molar-refractivity contribution < 1.29 is 0 Å². The molecule has 68 heavy (non-hydrogen) atoms. The molecule has 11 rings (SSSR count). The number of nitrogens with zero attached hydrogens (tertiary/aromatic N) is 7. The van der Waals surface area contributed by atoms with E-state index in [0.29, 0.717) is 34.9 Å². The van der Waals surface area contributed by atoms with E-state index in [0.717, 1.165) is 89.3 Å². The number of aromatic nitrogens is 7. The second-order valence-electron chi connectivity index (χ2n) is 16.7. The lowest BCUT2D eigenvalue weighted by Gasteiger charge is -2.16. The fourth-order valence-electron chi connectivity index (χ4n) is 8.70. The zero-order valence-electron chi connectivity index (χ0n) is 37.5. The number of aryl methyl sites for hydroxylation is 2. The first-order valence-corrected chi connectivity index (χ1v) is 22.6. The highest BCUT2D eigenvalue weighted by Gasteiger charge is 2.19. The number of benzene rings is 8. The average molecular weight is 874 g/mol. The van der Waals surface area contributed by atoms with Gasteiger partial charge in [-0.15, -0.1) is 0 Å². The minimum atomic E-state index is 0.591. The second-order valence-corrected chi connectivity index (χ2v) is 16.7. The molecule has 0 unspecified atom stereocenters. The summed E-state index contributed by atoms with van der Waals surface area (Å²) >= 11 is 0. The van der Waals surface area contributed by atoms with Crippen LogP contribution in [0.2, 0.25) is 0 Å².